The van der Waals surface area contributed by atoms with Gasteiger partial charge in [-0.05, 0) is 7.05 Å². The molecule has 0 aliphatic carbocycles. The molecule has 140 valence electrons. The Bertz CT molecular complexity index is 757. The summed E-state index contributed by atoms with van der Waals surface area (Å²) in [6.07, 6.45) is -2.60. The number of carbonyl (C=O) groups excluding carboxylic acids is 2. The summed E-state index contributed by atoms with van der Waals surface area (Å²) in [4.78, 5) is 25.7. The van der Waals surface area contributed by atoms with E-state index in [9.17, 15) is 18.4 Å². The molecule has 1 unspecified atom stereocenters. The predicted molar refractivity (Wildman–Crippen MR) is 92.3 cm³/mol. The lowest BCUT2D eigenvalue weighted by atomic mass is 9.98. The maximum Gasteiger partial charge on any atom is 0.417 e. The standard InChI is InChI=1S/C15H16F2N4O4S/c1-19-12-15(6-18,7-26)21(14(23)25-12)8-4-9(16)11(10(17)5-8)20-2-3-24-13(20)22/h4-5,7,12,19H,2-3,6,18H2,1H3/t12-,15?/m0/s1. The van der Waals surface area contributed by atoms with E-state index in [0.29, 0.717) is 0 Å². The maximum absolute atomic E-state index is 14.6. The second-order valence-corrected chi connectivity index (χ2v) is 5.96. The van der Waals surface area contributed by atoms with Crippen LogP contribution in [0.25, 0.3) is 0 Å². The summed E-state index contributed by atoms with van der Waals surface area (Å²) in [5, 5.41) is 3.98. The van der Waals surface area contributed by atoms with E-state index in [2.05, 4.69) is 5.32 Å². The number of thiocarbonyl (C=S) groups is 1. The minimum absolute atomic E-state index is 0.0201. The molecule has 0 radical (unpaired) electrons. The van der Waals surface area contributed by atoms with Crippen molar-refractivity contribution < 1.29 is 27.8 Å². The quantitative estimate of drug-likeness (QED) is 0.732. The number of nitrogens with one attached hydrogen (secondary N) is 1. The Balaban J connectivity index is 2.08. The van der Waals surface area contributed by atoms with E-state index in [1.807, 2.05) is 0 Å². The molecule has 3 N–H and O–H groups in total. The van der Waals surface area contributed by atoms with Crippen molar-refractivity contribution in [3.63, 3.8) is 0 Å². The largest absolute Gasteiger partial charge is 0.447 e. The van der Waals surface area contributed by atoms with Gasteiger partial charge in [-0.3, -0.25) is 15.1 Å². The fourth-order valence-electron chi connectivity index (χ4n) is 3.09. The summed E-state index contributed by atoms with van der Waals surface area (Å²) in [6, 6.07) is 1.85. The monoisotopic (exact) mass is 386 g/mol. The minimum atomic E-state index is -1.31. The van der Waals surface area contributed by atoms with E-state index in [1.54, 1.807) is 0 Å². The second kappa shape index (κ2) is 6.74. The van der Waals surface area contributed by atoms with Gasteiger partial charge in [-0.2, -0.15) is 0 Å². The Labute approximate surface area is 152 Å². The van der Waals surface area contributed by atoms with Crippen molar-refractivity contribution in [2.45, 2.75) is 11.8 Å². The molecule has 3 rings (SSSR count). The first-order valence-corrected chi connectivity index (χ1v) is 8.14. The minimum Gasteiger partial charge on any atom is -0.447 e. The number of ether oxygens (including phenoxy) is 2. The van der Waals surface area contributed by atoms with Crippen molar-refractivity contribution in [3.05, 3.63) is 23.8 Å². The van der Waals surface area contributed by atoms with Gasteiger partial charge in [-0.1, -0.05) is 12.2 Å². The highest BCUT2D eigenvalue weighted by molar-refractivity contribution is 7.79. The number of hydrogen-bond acceptors (Lipinski definition) is 7. The van der Waals surface area contributed by atoms with Crippen molar-refractivity contribution in [2.75, 3.05) is 36.5 Å². The number of cyclic esters (lactones) is 2. The Hall–Kier alpha value is -2.37. The number of rotatable bonds is 5. The first kappa shape index (κ1) is 18.4. The SMILES string of the molecule is CN[C@H]1OC(=O)N(c2cc(F)c(N3CCOC3=O)c(F)c2)C1(C=S)CN. The van der Waals surface area contributed by atoms with Crippen LogP contribution in [-0.4, -0.2) is 56.1 Å². The number of anilines is 2. The first-order chi connectivity index (χ1) is 12.4. The highest BCUT2D eigenvalue weighted by atomic mass is 32.1. The number of likely N-dealkylation sites (N-methyl/N-ethyl adjacent to an activating group) is 1. The zero-order valence-electron chi connectivity index (χ0n) is 13.7. The lowest BCUT2D eigenvalue weighted by Gasteiger charge is -2.34. The molecule has 0 bridgehead atoms. The molecule has 0 spiro atoms. The summed E-state index contributed by atoms with van der Waals surface area (Å²) in [6.45, 7) is -0.0908. The molecule has 2 fully saturated rings. The van der Waals surface area contributed by atoms with E-state index >= 15 is 0 Å². The molecule has 0 saturated carbocycles. The van der Waals surface area contributed by atoms with Crippen LogP contribution in [0.3, 0.4) is 0 Å². The molecular formula is C15H16F2N4O4S. The molecule has 2 aliphatic heterocycles. The van der Waals surface area contributed by atoms with Gasteiger partial charge in [-0.25, -0.2) is 18.4 Å². The number of carbonyl (C=O) groups is 2. The topological polar surface area (TPSA) is 97.1 Å². The molecule has 11 heteroatoms. The predicted octanol–water partition coefficient (Wildman–Crippen LogP) is 1.12. The number of nitrogens with two attached hydrogens (primary N) is 1. The lowest BCUT2D eigenvalue weighted by Crippen LogP contribution is -2.61. The number of hydrogen-bond donors (Lipinski definition) is 2. The Morgan fingerprint density at radius 3 is 2.50 bits per heavy atom. The van der Waals surface area contributed by atoms with Crippen molar-refractivity contribution in [1.29, 1.82) is 0 Å². The van der Waals surface area contributed by atoms with Gasteiger partial charge < -0.3 is 15.2 Å². The van der Waals surface area contributed by atoms with E-state index in [0.717, 1.165) is 21.9 Å². The molecular weight excluding hydrogens is 370 g/mol. The molecule has 0 aromatic heterocycles. The summed E-state index contributed by atoms with van der Waals surface area (Å²) in [5.74, 6) is -2.07. The first-order valence-electron chi connectivity index (χ1n) is 7.67. The Morgan fingerprint density at radius 2 is 2.04 bits per heavy atom. The van der Waals surface area contributed by atoms with E-state index in [1.165, 1.54) is 12.4 Å². The number of nitrogens with zero attached hydrogens (tertiary/aromatic N) is 2. The zero-order chi connectivity index (χ0) is 19.1. The van der Waals surface area contributed by atoms with E-state index < -0.39 is 41.3 Å². The highest BCUT2D eigenvalue weighted by Gasteiger charge is 2.54. The van der Waals surface area contributed by atoms with Crippen LogP contribution in [0.15, 0.2) is 12.1 Å². The zero-order valence-corrected chi connectivity index (χ0v) is 14.5. The summed E-state index contributed by atoms with van der Waals surface area (Å²) in [5.41, 5.74) is 3.80. The third kappa shape index (κ3) is 2.59. The average Bonchev–Trinajstić information content (AvgIpc) is 3.15. The van der Waals surface area contributed by atoms with Gasteiger partial charge in [0.15, 0.2) is 17.9 Å². The molecule has 8 nitrogen and oxygen atoms in total. The van der Waals surface area contributed by atoms with Crippen LogP contribution in [0.2, 0.25) is 0 Å². The van der Waals surface area contributed by atoms with Gasteiger partial charge in [0.1, 0.15) is 17.8 Å². The third-order valence-corrected chi connectivity index (χ3v) is 4.76. The number of halogens is 2. The Kier molecular flexibility index (Phi) is 4.78. The maximum atomic E-state index is 14.6. The van der Waals surface area contributed by atoms with Gasteiger partial charge in [0.2, 0.25) is 0 Å². The molecule has 2 amide bonds. The molecule has 2 aliphatic rings. The van der Waals surface area contributed by atoms with E-state index in [-0.39, 0.29) is 25.4 Å². The second-order valence-electron chi connectivity index (χ2n) is 5.73. The Morgan fingerprint density at radius 1 is 1.38 bits per heavy atom. The normalized spacial score (nSPS) is 25.5. The van der Waals surface area contributed by atoms with Gasteiger partial charge in [0.25, 0.3) is 0 Å². The van der Waals surface area contributed by atoms with Crippen LogP contribution in [0.4, 0.5) is 29.7 Å². The molecule has 1 aromatic carbocycles. The number of benzene rings is 1. The third-order valence-electron chi connectivity index (χ3n) is 4.36. The summed E-state index contributed by atoms with van der Waals surface area (Å²) in [7, 11) is 1.54. The molecule has 26 heavy (non-hydrogen) atoms. The fraction of sp³-hybridized carbons (Fsp3) is 0.400. The van der Waals surface area contributed by atoms with Crippen LogP contribution < -0.4 is 20.9 Å². The van der Waals surface area contributed by atoms with Gasteiger partial charge in [0, 0.05) is 24.0 Å². The van der Waals surface area contributed by atoms with Crippen LogP contribution in [0, 0.1) is 11.6 Å². The van der Waals surface area contributed by atoms with Crippen molar-refractivity contribution in [2.24, 2.45) is 5.73 Å². The van der Waals surface area contributed by atoms with Gasteiger partial charge in [0.05, 0.1) is 12.2 Å². The average molecular weight is 386 g/mol. The van der Waals surface area contributed by atoms with Crippen molar-refractivity contribution in [3.8, 4) is 0 Å². The van der Waals surface area contributed by atoms with Gasteiger partial charge in [-0.15, -0.1) is 0 Å². The molecule has 2 saturated heterocycles. The summed E-state index contributed by atoms with van der Waals surface area (Å²) < 4.78 is 39.1. The molecule has 2 atom stereocenters. The fourth-order valence-corrected chi connectivity index (χ4v) is 3.42. The van der Waals surface area contributed by atoms with Crippen LogP contribution >= 0.6 is 12.2 Å². The molecule has 1 aromatic rings. The van der Waals surface area contributed by atoms with Crippen molar-refractivity contribution in [1.82, 2.24) is 5.32 Å². The lowest BCUT2D eigenvalue weighted by molar-refractivity contribution is 0.108. The van der Waals surface area contributed by atoms with Crippen LogP contribution in [0.1, 0.15) is 0 Å². The van der Waals surface area contributed by atoms with Gasteiger partial charge >= 0.3 is 12.2 Å². The van der Waals surface area contributed by atoms with Crippen LogP contribution in [-0.2, 0) is 9.47 Å². The van der Waals surface area contributed by atoms with E-state index in [4.69, 9.17) is 27.4 Å². The summed E-state index contributed by atoms with van der Waals surface area (Å²) >= 11 is 5.02. The number of amides is 2. The highest BCUT2D eigenvalue weighted by Crippen LogP contribution is 2.37. The van der Waals surface area contributed by atoms with Crippen molar-refractivity contribution >= 4 is 41.1 Å². The smallest absolute Gasteiger partial charge is 0.417 e. The molecule has 2 heterocycles. The van der Waals surface area contributed by atoms with Crippen LogP contribution in [0.5, 0.6) is 0 Å².